The van der Waals surface area contributed by atoms with Crippen LogP contribution < -0.4 is 32.9 Å². The van der Waals surface area contributed by atoms with Crippen LogP contribution in [0.25, 0.3) is 0 Å². The first-order valence-corrected chi connectivity index (χ1v) is 11.2. The van der Waals surface area contributed by atoms with Gasteiger partial charge in [-0.3, -0.25) is 4.98 Å². The molecule has 0 saturated carbocycles. The molecule has 4 rings (SSSR count). The average molecular weight is 448 g/mol. The first-order valence-electron chi connectivity index (χ1n) is 9.26. The molecule has 140 valence electrons. The summed E-state index contributed by atoms with van der Waals surface area (Å²) in [7, 11) is -1.86. The summed E-state index contributed by atoms with van der Waals surface area (Å²) in [5, 5.41) is 4.18. The lowest BCUT2D eigenvalue weighted by Gasteiger charge is -2.27. The largest absolute Gasteiger partial charge is 1.00 e. The number of pyridine rings is 1. The Balaban J connectivity index is 0.00000225. The van der Waals surface area contributed by atoms with Gasteiger partial charge in [0.05, 0.1) is 5.69 Å². The minimum Gasteiger partial charge on any atom is -1.00 e. The topological polar surface area (TPSA) is 12.9 Å². The van der Waals surface area contributed by atoms with E-state index >= 15 is 0 Å². The molecule has 4 aromatic rings. The van der Waals surface area contributed by atoms with Crippen molar-refractivity contribution in [1.29, 1.82) is 0 Å². The standard InChI is InChI=1S/C25H23NP.BrH/c1-21-12-11-13-22(26-21)20-27(23-14-5-2-6-15-23,24-16-7-3-8-17-24)25-18-9-4-10-19-25;/h2-19H,20H2,1H3;1H/q+1;/p-1. The maximum atomic E-state index is 4.86. The van der Waals surface area contributed by atoms with Crippen LogP contribution in [-0.2, 0) is 6.16 Å². The van der Waals surface area contributed by atoms with Gasteiger partial charge in [0.15, 0.2) is 0 Å². The van der Waals surface area contributed by atoms with Crippen molar-refractivity contribution in [2.24, 2.45) is 0 Å². The van der Waals surface area contributed by atoms with Gasteiger partial charge in [-0.1, -0.05) is 60.7 Å². The molecule has 0 spiro atoms. The van der Waals surface area contributed by atoms with Gasteiger partial charge in [0, 0.05) is 5.69 Å². The molecule has 3 aromatic carbocycles. The summed E-state index contributed by atoms with van der Waals surface area (Å²) in [4.78, 5) is 4.86. The van der Waals surface area contributed by atoms with Crippen LogP contribution in [0.3, 0.4) is 0 Å². The van der Waals surface area contributed by atoms with Crippen LogP contribution in [0.4, 0.5) is 0 Å². The van der Waals surface area contributed by atoms with E-state index < -0.39 is 7.26 Å². The van der Waals surface area contributed by atoms with Gasteiger partial charge in [0.25, 0.3) is 0 Å². The van der Waals surface area contributed by atoms with Crippen molar-refractivity contribution < 1.29 is 17.0 Å². The summed E-state index contributed by atoms with van der Waals surface area (Å²) in [6.07, 6.45) is 0.923. The molecular formula is C25H23BrNP. The van der Waals surface area contributed by atoms with Gasteiger partial charge in [-0.05, 0) is 55.5 Å². The van der Waals surface area contributed by atoms with E-state index in [0.717, 1.165) is 17.5 Å². The van der Waals surface area contributed by atoms with Crippen molar-refractivity contribution >= 4 is 23.2 Å². The molecule has 0 unspecified atom stereocenters. The predicted molar refractivity (Wildman–Crippen MR) is 118 cm³/mol. The van der Waals surface area contributed by atoms with E-state index in [9.17, 15) is 0 Å². The van der Waals surface area contributed by atoms with E-state index in [-0.39, 0.29) is 17.0 Å². The molecule has 1 nitrogen and oxygen atoms in total. The molecule has 0 saturated heterocycles. The summed E-state index contributed by atoms with van der Waals surface area (Å²) < 4.78 is 0. The number of aryl methyl sites for hydroxylation is 1. The lowest BCUT2D eigenvalue weighted by Crippen LogP contribution is -3.00. The third-order valence-corrected chi connectivity index (χ3v) is 9.27. The molecular weight excluding hydrogens is 425 g/mol. The predicted octanol–water partition coefficient (Wildman–Crippen LogP) is 1.89. The highest BCUT2D eigenvalue weighted by atomic mass is 79.9. The number of rotatable bonds is 5. The Morgan fingerprint density at radius 3 is 1.39 bits per heavy atom. The van der Waals surface area contributed by atoms with E-state index in [1.165, 1.54) is 15.9 Å². The summed E-state index contributed by atoms with van der Waals surface area (Å²) >= 11 is 0. The van der Waals surface area contributed by atoms with E-state index in [1.54, 1.807) is 0 Å². The van der Waals surface area contributed by atoms with Gasteiger partial charge in [-0.25, -0.2) is 0 Å². The van der Waals surface area contributed by atoms with Crippen molar-refractivity contribution in [2.75, 3.05) is 0 Å². The second kappa shape index (κ2) is 9.28. The van der Waals surface area contributed by atoms with Crippen molar-refractivity contribution in [3.63, 3.8) is 0 Å². The number of halogens is 1. The molecule has 0 aliphatic rings. The van der Waals surface area contributed by atoms with Gasteiger partial charge < -0.3 is 17.0 Å². The van der Waals surface area contributed by atoms with Crippen LogP contribution in [0.5, 0.6) is 0 Å². The zero-order valence-corrected chi connectivity index (χ0v) is 18.4. The SMILES string of the molecule is Cc1cccc(C[P+](c2ccccc2)(c2ccccc2)c2ccccc2)n1.[Br-]. The molecule has 0 atom stereocenters. The quantitative estimate of drug-likeness (QED) is 0.425. The summed E-state index contributed by atoms with van der Waals surface area (Å²) in [6, 6.07) is 39.2. The molecule has 1 heterocycles. The third-order valence-electron chi connectivity index (χ3n) is 4.94. The third kappa shape index (κ3) is 4.09. The second-order valence-electron chi connectivity index (χ2n) is 6.74. The maximum absolute atomic E-state index is 4.86. The second-order valence-corrected chi connectivity index (χ2v) is 10.2. The zero-order valence-electron chi connectivity index (χ0n) is 15.9. The summed E-state index contributed by atoms with van der Waals surface area (Å²) in [5.41, 5.74) is 2.22. The van der Waals surface area contributed by atoms with Crippen molar-refractivity contribution in [2.45, 2.75) is 13.1 Å². The number of nitrogens with zero attached hydrogens (tertiary/aromatic N) is 1. The molecule has 0 amide bonds. The van der Waals surface area contributed by atoms with Gasteiger partial charge in [-0.15, -0.1) is 0 Å². The van der Waals surface area contributed by atoms with E-state index in [4.69, 9.17) is 4.98 Å². The number of hydrogen-bond acceptors (Lipinski definition) is 1. The van der Waals surface area contributed by atoms with Crippen LogP contribution in [-0.4, -0.2) is 4.98 Å². The van der Waals surface area contributed by atoms with Crippen LogP contribution in [0.1, 0.15) is 11.4 Å². The smallest absolute Gasteiger partial charge is 0.118 e. The fraction of sp³-hybridized carbons (Fsp3) is 0.0800. The van der Waals surface area contributed by atoms with E-state index in [1.807, 2.05) is 0 Å². The molecule has 3 heteroatoms. The molecule has 0 N–H and O–H groups in total. The maximum Gasteiger partial charge on any atom is 0.118 e. The number of hydrogen-bond donors (Lipinski definition) is 0. The van der Waals surface area contributed by atoms with Gasteiger partial charge >= 0.3 is 0 Å². The van der Waals surface area contributed by atoms with Gasteiger partial charge in [0.2, 0.25) is 0 Å². The Morgan fingerprint density at radius 2 is 1.00 bits per heavy atom. The normalized spacial score (nSPS) is 10.9. The Kier molecular flexibility index (Phi) is 6.78. The molecule has 0 aliphatic heterocycles. The van der Waals surface area contributed by atoms with Gasteiger partial charge in [-0.2, -0.15) is 0 Å². The molecule has 1 aromatic heterocycles. The highest BCUT2D eigenvalue weighted by molar-refractivity contribution is 7.95. The van der Waals surface area contributed by atoms with E-state index in [0.29, 0.717) is 0 Å². The molecule has 0 fully saturated rings. The lowest BCUT2D eigenvalue weighted by atomic mass is 10.3. The van der Waals surface area contributed by atoms with Crippen LogP contribution in [0.15, 0.2) is 109 Å². The lowest BCUT2D eigenvalue weighted by molar-refractivity contribution is -0.00000547. The molecule has 0 aliphatic carbocycles. The highest BCUT2D eigenvalue weighted by Gasteiger charge is 2.45. The first kappa shape index (κ1) is 20.5. The Bertz CT molecular complexity index is 907. The fourth-order valence-corrected chi connectivity index (χ4v) is 7.85. The van der Waals surface area contributed by atoms with Crippen molar-refractivity contribution in [3.8, 4) is 0 Å². The zero-order chi connectivity index (χ0) is 18.5. The Hall–Kier alpha value is -2.28. The molecule has 0 radical (unpaired) electrons. The van der Waals surface area contributed by atoms with Crippen LogP contribution >= 0.6 is 7.26 Å². The molecule has 0 bridgehead atoms. The monoisotopic (exact) mass is 447 g/mol. The average Bonchev–Trinajstić information content (AvgIpc) is 2.74. The Morgan fingerprint density at radius 1 is 0.571 bits per heavy atom. The highest BCUT2D eigenvalue weighted by Crippen LogP contribution is 2.57. The summed E-state index contributed by atoms with van der Waals surface area (Å²) in [5.74, 6) is 0. The van der Waals surface area contributed by atoms with Crippen LogP contribution in [0.2, 0.25) is 0 Å². The minimum absolute atomic E-state index is 0. The van der Waals surface area contributed by atoms with Crippen molar-refractivity contribution in [1.82, 2.24) is 4.98 Å². The minimum atomic E-state index is -1.86. The Labute approximate surface area is 178 Å². The number of aromatic nitrogens is 1. The molecule has 28 heavy (non-hydrogen) atoms. The van der Waals surface area contributed by atoms with E-state index in [2.05, 4.69) is 116 Å². The fourth-order valence-electron chi connectivity index (χ4n) is 3.70. The van der Waals surface area contributed by atoms with Gasteiger partial charge in [0.1, 0.15) is 29.3 Å². The van der Waals surface area contributed by atoms with Crippen molar-refractivity contribution in [3.05, 3.63) is 121 Å². The summed E-state index contributed by atoms with van der Waals surface area (Å²) in [6.45, 7) is 2.07. The first-order chi connectivity index (χ1) is 13.3. The number of benzene rings is 3. The van der Waals surface area contributed by atoms with Crippen LogP contribution in [0, 0.1) is 6.92 Å².